The Labute approximate surface area is 159 Å². The molecule has 0 spiro atoms. The molecule has 0 bridgehead atoms. The third-order valence-corrected chi connectivity index (χ3v) is 4.44. The maximum Gasteiger partial charge on any atom is 0.162 e. The van der Waals surface area contributed by atoms with Gasteiger partial charge < -0.3 is 24.2 Å². The average molecular weight is 371 g/mol. The van der Waals surface area contributed by atoms with Crippen molar-refractivity contribution in [2.75, 3.05) is 33.7 Å². The standard InChI is InChI=1S/C21H25NO5/c1-24-12-13-25-15-26-21(17-10-6-3-7-11-17)20-19(18(14-23)27-22-20)16-8-4-2-5-9-16/h2-11,18-19,21,23H,12-15H2,1H3/t18-,19-,21-/m0/s1. The highest BCUT2D eigenvalue weighted by Crippen LogP contribution is 2.36. The lowest BCUT2D eigenvalue weighted by Gasteiger charge is -2.24. The molecule has 0 aliphatic carbocycles. The minimum atomic E-state index is -0.438. The minimum absolute atomic E-state index is 0.104. The van der Waals surface area contributed by atoms with Gasteiger partial charge in [0.25, 0.3) is 0 Å². The van der Waals surface area contributed by atoms with Crippen molar-refractivity contribution in [3.05, 3.63) is 71.8 Å². The van der Waals surface area contributed by atoms with Gasteiger partial charge >= 0.3 is 0 Å². The van der Waals surface area contributed by atoms with E-state index in [1.807, 2.05) is 60.7 Å². The number of oxime groups is 1. The molecule has 0 amide bonds. The molecule has 2 aromatic carbocycles. The number of nitrogens with zero attached hydrogens (tertiary/aromatic N) is 1. The predicted molar refractivity (Wildman–Crippen MR) is 102 cm³/mol. The fourth-order valence-electron chi connectivity index (χ4n) is 3.13. The molecule has 1 heterocycles. The molecule has 0 unspecified atom stereocenters. The largest absolute Gasteiger partial charge is 0.392 e. The monoisotopic (exact) mass is 371 g/mol. The molecular formula is C21H25NO5. The van der Waals surface area contributed by atoms with Gasteiger partial charge in [0.05, 0.1) is 25.7 Å². The van der Waals surface area contributed by atoms with Crippen LogP contribution in [0.3, 0.4) is 0 Å². The van der Waals surface area contributed by atoms with E-state index in [9.17, 15) is 5.11 Å². The summed E-state index contributed by atoms with van der Waals surface area (Å²) < 4.78 is 16.5. The third-order valence-electron chi connectivity index (χ3n) is 4.44. The van der Waals surface area contributed by atoms with Crippen LogP contribution in [0.15, 0.2) is 65.8 Å². The van der Waals surface area contributed by atoms with Crippen LogP contribution < -0.4 is 0 Å². The molecule has 3 rings (SSSR count). The summed E-state index contributed by atoms with van der Waals surface area (Å²) in [7, 11) is 1.63. The Balaban J connectivity index is 1.83. The molecule has 27 heavy (non-hydrogen) atoms. The van der Waals surface area contributed by atoms with Crippen LogP contribution in [0.4, 0.5) is 0 Å². The van der Waals surface area contributed by atoms with Crippen LogP contribution in [0, 0.1) is 0 Å². The second-order valence-electron chi connectivity index (χ2n) is 6.21. The van der Waals surface area contributed by atoms with Crippen molar-refractivity contribution in [3.8, 4) is 0 Å². The Kier molecular flexibility index (Phi) is 7.36. The Morgan fingerprint density at radius 3 is 2.41 bits per heavy atom. The molecule has 1 aliphatic rings. The highest BCUT2D eigenvalue weighted by Gasteiger charge is 2.40. The molecule has 0 saturated carbocycles. The first-order chi connectivity index (χ1) is 13.3. The summed E-state index contributed by atoms with van der Waals surface area (Å²) in [5.74, 6) is -0.194. The topological polar surface area (TPSA) is 69.5 Å². The van der Waals surface area contributed by atoms with Gasteiger partial charge in [-0.2, -0.15) is 0 Å². The molecular weight excluding hydrogens is 346 g/mol. The van der Waals surface area contributed by atoms with E-state index in [2.05, 4.69) is 5.16 Å². The normalized spacial score (nSPS) is 20.1. The molecule has 1 aliphatic heterocycles. The number of hydrogen-bond donors (Lipinski definition) is 1. The van der Waals surface area contributed by atoms with Crippen molar-refractivity contribution in [1.82, 2.24) is 0 Å². The van der Waals surface area contributed by atoms with Crippen molar-refractivity contribution in [2.45, 2.75) is 18.1 Å². The van der Waals surface area contributed by atoms with Gasteiger partial charge in [0, 0.05) is 7.11 Å². The number of hydrogen-bond acceptors (Lipinski definition) is 6. The van der Waals surface area contributed by atoms with Gasteiger partial charge in [-0.1, -0.05) is 65.8 Å². The lowest BCUT2D eigenvalue weighted by atomic mass is 9.85. The number of aliphatic hydroxyl groups excluding tert-OH is 1. The summed E-state index contributed by atoms with van der Waals surface area (Å²) in [6.45, 7) is 0.927. The molecule has 2 aromatic rings. The first-order valence-electron chi connectivity index (χ1n) is 8.97. The van der Waals surface area contributed by atoms with Crippen LogP contribution in [0.25, 0.3) is 0 Å². The van der Waals surface area contributed by atoms with E-state index in [0.717, 1.165) is 16.8 Å². The van der Waals surface area contributed by atoms with E-state index in [-0.39, 0.29) is 19.3 Å². The van der Waals surface area contributed by atoms with Crippen molar-refractivity contribution < 1.29 is 24.2 Å². The van der Waals surface area contributed by atoms with Crippen LogP contribution >= 0.6 is 0 Å². The van der Waals surface area contributed by atoms with Crippen molar-refractivity contribution in [1.29, 1.82) is 0 Å². The van der Waals surface area contributed by atoms with E-state index < -0.39 is 12.2 Å². The zero-order chi connectivity index (χ0) is 18.9. The second-order valence-corrected chi connectivity index (χ2v) is 6.21. The summed E-state index contributed by atoms with van der Waals surface area (Å²) in [6.07, 6.45) is -0.873. The summed E-state index contributed by atoms with van der Waals surface area (Å²) in [5.41, 5.74) is 2.70. The minimum Gasteiger partial charge on any atom is -0.392 e. The zero-order valence-corrected chi connectivity index (χ0v) is 15.4. The van der Waals surface area contributed by atoms with Crippen LogP contribution in [-0.2, 0) is 19.0 Å². The van der Waals surface area contributed by atoms with Crippen molar-refractivity contribution >= 4 is 5.71 Å². The molecule has 6 heteroatoms. The molecule has 6 nitrogen and oxygen atoms in total. The molecule has 3 atom stereocenters. The fraction of sp³-hybridized carbons (Fsp3) is 0.381. The summed E-state index contributed by atoms with van der Waals surface area (Å²) in [4.78, 5) is 5.53. The lowest BCUT2D eigenvalue weighted by molar-refractivity contribution is -0.0815. The average Bonchev–Trinajstić information content (AvgIpc) is 3.16. The molecule has 1 N–H and O–H groups in total. The van der Waals surface area contributed by atoms with E-state index in [4.69, 9.17) is 19.0 Å². The SMILES string of the molecule is COCCOCO[C@H](C1=NO[C@@H](CO)[C@@H]1c1ccccc1)c1ccccc1. The first kappa shape index (κ1) is 19.5. The highest BCUT2D eigenvalue weighted by molar-refractivity contribution is 5.96. The zero-order valence-electron chi connectivity index (χ0n) is 15.4. The maximum absolute atomic E-state index is 9.76. The Morgan fingerprint density at radius 2 is 1.74 bits per heavy atom. The number of methoxy groups -OCH3 is 1. The molecule has 0 saturated heterocycles. The fourth-order valence-corrected chi connectivity index (χ4v) is 3.13. The number of ether oxygens (including phenoxy) is 3. The van der Waals surface area contributed by atoms with Crippen LogP contribution in [0.5, 0.6) is 0 Å². The quantitative estimate of drug-likeness (QED) is 0.514. The lowest BCUT2D eigenvalue weighted by Crippen LogP contribution is -2.29. The van der Waals surface area contributed by atoms with Crippen molar-refractivity contribution in [2.24, 2.45) is 5.16 Å². The third kappa shape index (κ3) is 4.93. The van der Waals surface area contributed by atoms with Crippen LogP contribution in [0.1, 0.15) is 23.1 Å². The molecule has 0 radical (unpaired) electrons. The smallest absolute Gasteiger partial charge is 0.162 e. The van der Waals surface area contributed by atoms with Crippen molar-refractivity contribution in [3.63, 3.8) is 0 Å². The van der Waals surface area contributed by atoms with E-state index in [1.54, 1.807) is 7.11 Å². The Morgan fingerprint density at radius 1 is 1.04 bits per heavy atom. The van der Waals surface area contributed by atoms with E-state index in [0.29, 0.717) is 13.2 Å². The van der Waals surface area contributed by atoms with Gasteiger partial charge in [-0.05, 0) is 11.1 Å². The highest BCUT2D eigenvalue weighted by atomic mass is 16.7. The van der Waals surface area contributed by atoms with Gasteiger partial charge in [-0.3, -0.25) is 0 Å². The summed E-state index contributed by atoms with van der Waals surface area (Å²) >= 11 is 0. The maximum atomic E-state index is 9.76. The Bertz CT molecular complexity index is 707. The second kappa shape index (κ2) is 10.2. The van der Waals surface area contributed by atoms with Crippen LogP contribution in [-0.4, -0.2) is 50.6 Å². The molecule has 144 valence electrons. The van der Waals surface area contributed by atoms with Gasteiger partial charge in [0.1, 0.15) is 18.6 Å². The first-order valence-corrected chi connectivity index (χ1v) is 8.97. The van der Waals surface area contributed by atoms with Gasteiger partial charge in [-0.25, -0.2) is 0 Å². The molecule has 0 aromatic heterocycles. The number of benzene rings is 2. The number of rotatable bonds is 10. The summed E-state index contributed by atoms with van der Waals surface area (Å²) in [6, 6.07) is 19.7. The van der Waals surface area contributed by atoms with Gasteiger partial charge in [-0.15, -0.1) is 0 Å². The Hall–Kier alpha value is -2.25. The summed E-state index contributed by atoms with van der Waals surface area (Å²) in [5, 5.41) is 14.1. The molecule has 0 fully saturated rings. The van der Waals surface area contributed by atoms with Gasteiger partial charge in [0.15, 0.2) is 6.10 Å². The van der Waals surface area contributed by atoms with E-state index >= 15 is 0 Å². The number of aliphatic hydroxyl groups is 1. The van der Waals surface area contributed by atoms with Crippen LogP contribution in [0.2, 0.25) is 0 Å². The van der Waals surface area contributed by atoms with Gasteiger partial charge in [0.2, 0.25) is 0 Å². The predicted octanol–water partition coefficient (Wildman–Crippen LogP) is 2.90. The van der Waals surface area contributed by atoms with E-state index in [1.165, 1.54) is 0 Å².